The van der Waals surface area contributed by atoms with Gasteiger partial charge in [0, 0.05) is 13.1 Å². The quantitative estimate of drug-likeness (QED) is 0.749. The first-order valence-corrected chi connectivity index (χ1v) is 4.73. The summed E-state index contributed by atoms with van der Waals surface area (Å²) in [5.74, 6) is 0.981. The molecule has 0 radical (unpaired) electrons. The average Bonchev–Trinajstić information content (AvgIpc) is 2.72. The molecule has 0 spiro atoms. The molecule has 72 valence electrons. The maximum Gasteiger partial charge on any atom is 0.120 e. The van der Waals surface area contributed by atoms with Crippen LogP contribution in [0.3, 0.4) is 0 Å². The Morgan fingerprint density at radius 2 is 2.54 bits per heavy atom. The normalized spacial score (nSPS) is 26.5. The molecule has 0 saturated carbocycles. The minimum Gasteiger partial charge on any atom is -0.468 e. The molecule has 1 aromatic heterocycles. The Morgan fingerprint density at radius 1 is 1.69 bits per heavy atom. The highest BCUT2D eigenvalue weighted by molar-refractivity contribution is 5.04. The molecule has 0 aliphatic carbocycles. The topological polar surface area (TPSA) is 36.6 Å². The van der Waals surface area contributed by atoms with Crippen LogP contribution >= 0.6 is 0 Å². The molecule has 1 saturated heterocycles. The summed E-state index contributed by atoms with van der Waals surface area (Å²) in [5.41, 5.74) is 0. The first-order valence-electron chi connectivity index (χ1n) is 4.73. The molecule has 0 aromatic carbocycles. The molecule has 1 fully saturated rings. The second-order valence-electron chi connectivity index (χ2n) is 3.63. The van der Waals surface area contributed by atoms with E-state index in [1.807, 2.05) is 12.1 Å². The van der Waals surface area contributed by atoms with Crippen LogP contribution in [-0.4, -0.2) is 29.2 Å². The third kappa shape index (κ3) is 1.76. The Hall–Kier alpha value is -0.800. The van der Waals surface area contributed by atoms with Crippen molar-refractivity contribution in [3.05, 3.63) is 24.2 Å². The summed E-state index contributed by atoms with van der Waals surface area (Å²) < 4.78 is 5.32. The molecule has 1 aliphatic rings. The molecular weight excluding hydrogens is 166 g/mol. The van der Waals surface area contributed by atoms with Gasteiger partial charge >= 0.3 is 0 Å². The van der Waals surface area contributed by atoms with Crippen LogP contribution in [-0.2, 0) is 0 Å². The Labute approximate surface area is 78.0 Å². The van der Waals surface area contributed by atoms with Gasteiger partial charge in [-0.05, 0) is 25.5 Å². The van der Waals surface area contributed by atoms with Crippen molar-refractivity contribution in [3.8, 4) is 0 Å². The summed E-state index contributed by atoms with van der Waals surface area (Å²) in [5, 5.41) is 9.37. The van der Waals surface area contributed by atoms with Crippen LogP contribution in [0.1, 0.15) is 25.1 Å². The van der Waals surface area contributed by atoms with Crippen LogP contribution in [0.25, 0.3) is 0 Å². The van der Waals surface area contributed by atoms with Gasteiger partial charge in [0.25, 0.3) is 0 Å². The fourth-order valence-corrected chi connectivity index (χ4v) is 1.83. The number of nitrogens with zero attached hydrogens (tertiary/aromatic N) is 1. The standard InChI is InChI=1S/C10H15NO2/c1-8(10-3-2-6-13-10)11-5-4-9(12)7-11/h2-3,6,8-9,12H,4-5,7H2,1H3/t8?,9-/m0/s1. The van der Waals surface area contributed by atoms with E-state index in [1.54, 1.807) is 6.26 Å². The van der Waals surface area contributed by atoms with Crippen molar-refractivity contribution in [2.45, 2.75) is 25.5 Å². The van der Waals surface area contributed by atoms with Gasteiger partial charge in [0.1, 0.15) is 5.76 Å². The zero-order chi connectivity index (χ0) is 9.26. The van der Waals surface area contributed by atoms with E-state index < -0.39 is 0 Å². The Balaban J connectivity index is 2.02. The first kappa shape index (κ1) is 8.78. The molecular formula is C10H15NO2. The summed E-state index contributed by atoms with van der Waals surface area (Å²) in [4.78, 5) is 2.24. The van der Waals surface area contributed by atoms with Gasteiger partial charge in [-0.15, -0.1) is 0 Å². The van der Waals surface area contributed by atoms with Gasteiger partial charge in [0.05, 0.1) is 18.4 Å². The van der Waals surface area contributed by atoms with Gasteiger partial charge in [0.2, 0.25) is 0 Å². The van der Waals surface area contributed by atoms with Crippen molar-refractivity contribution in [3.63, 3.8) is 0 Å². The second kappa shape index (κ2) is 3.52. The van der Waals surface area contributed by atoms with Crippen LogP contribution in [0, 0.1) is 0 Å². The average molecular weight is 181 g/mol. The highest BCUT2D eigenvalue weighted by atomic mass is 16.3. The van der Waals surface area contributed by atoms with Crippen LogP contribution in [0.4, 0.5) is 0 Å². The zero-order valence-electron chi connectivity index (χ0n) is 7.81. The molecule has 3 nitrogen and oxygen atoms in total. The van der Waals surface area contributed by atoms with Crippen molar-refractivity contribution in [1.29, 1.82) is 0 Å². The van der Waals surface area contributed by atoms with E-state index in [2.05, 4.69) is 11.8 Å². The summed E-state index contributed by atoms with van der Waals surface area (Å²) in [6.45, 7) is 3.84. The maximum absolute atomic E-state index is 9.37. The highest BCUT2D eigenvalue weighted by Gasteiger charge is 2.26. The lowest BCUT2D eigenvalue weighted by Crippen LogP contribution is -2.25. The van der Waals surface area contributed by atoms with Crippen molar-refractivity contribution in [2.24, 2.45) is 0 Å². The molecule has 0 amide bonds. The van der Waals surface area contributed by atoms with E-state index in [-0.39, 0.29) is 12.1 Å². The predicted octanol–water partition coefficient (Wildman–Crippen LogP) is 1.41. The molecule has 2 heterocycles. The SMILES string of the molecule is CC(c1ccco1)N1CC[C@H](O)C1. The number of hydrogen-bond acceptors (Lipinski definition) is 3. The van der Waals surface area contributed by atoms with E-state index in [4.69, 9.17) is 4.42 Å². The van der Waals surface area contributed by atoms with Gasteiger partial charge in [0.15, 0.2) is 0 Å². The van der Waals surface area contributed by atoms with Crippen LogP contribution in [0.15, 0.2) is 22.8 Å². The molecule has 2 rings (SSSR count). The van der Waals surface area contributed by atoms with Gasteiger partial charge in [-0.25, -0.2) is 0 Å². The number of furan rings is 1. The fraction of sp³-hybridized carbons (Fsp3) is 0.600. The Kier molecular flexibility index (Phi) is 2.38. The van der Waals surface area contributed by atoms with Crippen molar-refractivity contribution < 1.29 is 9.52 Å². The zero-order valence-corrected chi connectivity index (χ0v) is 7.81. The second-order valence-corrected chi connectivity index (χ2v) is 3.63. The largest absolute Gasteiger partial charge is 0.468 e. The number of hydrogen-bond donors (Lipinski definition) is 1. The Bertz CT molecular complexity index is 258. The first-order chi connectivity index (χ1) is 6.27. The van der Waals surface area contributed by atoms with Crippen LogP contribution in [0.5, 0.6) is 0 Å². The lowest BCUT2D eigenvalue weighted by Gasteiger charge is -2.21. The lowest BCUT2D eigenvalue weighted by molar-refractivity contribution is 0.156. The summed E-state index contributed by atoms with van der Waals surface area (Å²) in [7, 11) is 0. The molecule has 1 aliphatic heterocycles. The molecule has 1 aromatic rings. The molecule has 0 bridgehead atoms. The number of aliphatic hydroxyl groups excluding tert-OH is 1. The summed E-state index contributed by atoms with van der Waals surface area (Å²) in [6.07, 6.45) is 2.42. The smallest absolute Gasteiger partial charge is 0.120 e. The highest BCUT2D eigenvalue weighted by Crippen LogP contribution is 2.24. The van der Waals surface area contributed by atoms with Gasteiger partial charge in [-0.1, -0.05) is 0 Å². The predicted molar refractivity (Wildman–Crippen MR) is 49.3 cm³/mol. The number of aliphatic hydroxyl groups is 1. The fourth-order valence-electron chi connectivity index (χ4n) is 1.83. The number of β-amino-alcohol motifs (C(OH)–C–C–N with tert-alkyl or cyclic N) is 1. The van der Waals surface area contributed by atoms with Crippen LogP contribution < -0.4 is 0 Å². The monoisotopic (exact) mass is 181 g/mol. The number of rotatable bonds is 2. The minimum absolute atomic E-state index is 0.155. The number of likely N-dealkylation sites (tertiary alicyclic amines) is 1. The van der Waals surface area contributed by atoms with E-state index in [0.717, 1.165) is 25.3 Å². The third-order valence-corrected chi connectivity index (χ3v) is 2.70. The van der Waals surface area contributed by atoms with E-state index in [0.29, 0.717) is 0 Å². The van der Waals surface area contributed by atoms with Gasteiger partial charge in [-0.3, -0.25) is 4.90 Å². The third-order valence-electron chi connectivity index (χ3n) is 2.70. The molecule has 13 heavy (non-hydrogen) atoms. The molecule has 1 N–H and O–H groups in total. The Morgan fingerprint density at radius 3 is 3.08 bits per heavy atom. The molecule has 1 unspecified atom stereocenters. The van der Waals surface area contributed by atoms with Gasteiger partial charge < -0.3 is 9.52 Å². The molecule has 2 atom stereocenters. The van der Waals surface area contributed by atoms with E-state index in [9.17, 15) is 5.11 Å². The lowest BCUT2D eigenvalue weighted by atomic mass is 10.2. The molecule has 3 heteroatoms. The minimum atomic E-state index is -0.155. The van der Waals surface area contributed by atoms with Crippen molar-refractivity contribution in [1.82, 2.24) is 4.90 Å². The van der Waals surface area contributed by atoms with Crippen molar-refractivity contribution in [2.75, 3.05) is 13.1 Å². The summed E-state index contributed by atoms with van der Waals surface area (Å²) >= 11 is 0. The maximum atomic E-state index is 9.37. The van der Waals surface area contributed by atoms with Gasteiger partial charge in [-0.2, -0.15) is 0 Å². The van der Waals surface area contributed by atoms with E-state index >= 15 is 0 Å². The van der Waals surface area contributed by atoms with Crippen LogP contribution in [0.2, 0.25) is 0 Å². The van der Waals surface area contributed by atoms with Crippen molar-refractivity contribution >= 4 is 0 Å². The summed E-state index contributed by atoms with van der Waals surface area (Å²) in [6, 6.07) is 4.17. The van der Waals surface area contributed by atoms with E-state index in [1.165, 1.54) is 0 Å².